The molecule has 47 heavy (non-hydrogen) atoms. The maximum absolute atomic E-state index is 5.11. The number of rotatable bonds is 5. The molecule has 0 N–H and O–H groups in total. The summed E-state index contributed by atoms with van der Waals surface area (Å²) < 4.78 is 2.39. The standard InChI is InChI=1S/C44H29N3/c1-3-14-31(15-4-1)40-29-41(46-44(45-40)32-16-5-2-6-17-32)34-19-11-20-35(27-34)47-42-24-10-9-22-38(42)39-26-25-33(28-43(39)47)37-23-12-18-30-13-7-8-21-36(30)37/h1-29H. The normalized spacial score (nSPS) is 11.4. The monoisotopic (exact) mass is 599 g/mol. The van der Waals surface area contributed by atoms with Crippen molar-refractivity contribution in [1.82, 2.24) is 14.5 Å². The molecule has 0 bridgehead atoms. The second-order valence-electron chi connectivity index (χ2n) is 11.9. The molecule has 0 aliphatic rings. The quantitative estimate of drug-likeness (QED) is 0.197. The van der Waals surface area contributed by atoms with Crippen molar-refractivity contribution >= 4 is 32.6 Å². The fourth-order valence-corrected chi connectivity index (χ4v) is 6.77. The Balaban J connectivity index is 1.24. The minimum atomic E-state index is 0.712. The predicted octanol–water partition coefficient (Wildman–Crippen LogP) is 11.4. The molecule has 3 heteroatoms. The molecular formula is C44H29N3. The Hall–Kier alpha value is -6.32. The van der Waals surface area contributed by atoms with E-state index < -0.39 is 0 Å². The fourth-order valence-electron chi connectivity index (χ4n) is 6.77. The molecule has 2 heterocycles. The van der Waals surface area contributed by atoms with E-state index in [1.54, 1.807) is 0 Å². The maximum atomic E-state index is 5.11. The first-order valence-electron chi connectivity index (χ1n) is 15.9. The minimum absolute atomic E-state index is 0.712. The maximum Gasteiger partial charge on any atom is 0.160 e. The molecule has 0 fully saturated rings. The summed E-state index contributed by atoms with van der Waals surface area (Å²) in [6.07, 6.45) is 0. The van der Waals surface area contributed by atoms with Gasteiger partial charge < -0.3 is 4.57 Å². The van der Waals surface area contributed by atoms with Gasteiger partial charge in [-0.05, 0) is 52.2 Å². The number of aromatic nitrogens is 3. The average Bonchev–Trinajstić information content (AvgIpc) is 3.49. The summed E-state index contributed by atoms with van der Waals surface area (Å²) in [6, 6.07) is 62.1. The number of hydrogen-bond acceptors (Lipinski definition) is 2. The highest BCUT2D eigenvalue weighted by Gasteiger charge is 2.16. The molecule has 0 radical (unpaired) electrons. The number of para-hydroxylation sites is 1. The third-order valence-corrected chi connectivity index (χ3v) is 9.00. The SMILES string of the molecule is c1ccc(-c2cc(-c3cccc(-n4c5ccccc5c5ccc(-c6cccc7ccccc67)cc54)c3)nc(-c3ccccc3)n2)cc1. The predicted molar refractivity (Wildman–Crippen MR) is 196 cm³/mol. The highest BCUT2D eigenvalue weighted by Crippen LogP contribution is 2.37. The van der Waals surface area contributed by atoms with Crippen molar-refractivity contribution in [3.05, 3.63) is 176 Å². The van der Waals surface area contributed by atoms with Gasteiger partial charge in [0.05, 0.1) is 22.4 Å². The van der Waals surface area contributed by atoms with E-state index in [1.165, 1.54) is 43.7 Å². The Morgan fingerprint density at radius 2 is 0.979 bits per heavy atom. The van der Waals surface area contributed by atoms with Gasteiger partial charge in [0.15, 0.2) is 5.82 Å². The second kappa shape index (κ2) is 11.2. The summed E-state index contributed by atoms with van der Waals surface area (Å²) in [6.45, 7) is 0. The van der Waals surface area contributed by atoms with Gasteiger partial charge >= 0.3 is 0 Å². The Kier molecular flexibility index (Phi) is 6.46. The molecule has 0 spiro atoms. The summed E-state index contributed by atoms with van der Waals surface area (Å²) >= 11 is 0. The van der Waals surface area contributed by atoms with Crippen LogP contribution < -0.4 is 0 Å². The summed E-state index contributed by atoms with van der Waals surface area (Å²) in [5.74, 6) is 0.712. The Morgan fingerprint density at radius 3 is 1.81 bits per heavy atom. The molecule has 0 aliphatic carbocycles. The number of fused-ring (bicyclic) bond motifs is 4. The van der Waals surface area contributed by atoms with E-state index in [4.69, 9.17) is 9.97 Å². The summed E-state index contributed by atoms with van der Waals surface area (Å²) in [7, 11) is 0. The molecule has 9 rings (SSSR count). The van der Waals surface area contributed by atoms with Crippen molar-refractivity contribution < 1.29 is 0 Å². The van der Waals surface area contributed by atoms with Gasteiger partial charge in [0.25, 0.3) is 0 Å². The Labute approximate surface area is 273 Å². The molecule has 0 aliphatic heterocycles. The lowest BCUT2D eigenvalue weighted by atomic mass is 9.97. The van der Waals surface area contributed by atoms with Crippen molar-refractivity contribution in [2.24, 2.45) is 0 Å². The van der Waals surface area contributed by atoms with Gasteiger partial charge in [-0.1, -0.05) is 146 Å². The lowest BCUT2D eigenvalue weighted by molar-refractivity contribution is 1.16. The topological polar surface area (TPSA) is 30.7 Å². The van der Waals surface area contributed by atoms with E-state index in [1.807, 2.05) is 24.3 Å². The van der Waals surface area contributed by atoms with Crippen molar-refractivity contribution in [3.8, 4) is 50.7 Å². The van der Waals surface area contributed by atoms with Gasteiger partial charge in [-0.3, -0.25) is 0 Å². The molecule has 0 amide bonds. The van der Waals surface area contributed by atoms with Crippen LogP contribution in [0.15, 0.2) is 176 Å². The van der Waals surface area contributed by atoms with Gasteiger partial charge in [0, 0.05) is 33.2 Å². The second-order valence-corrected chi connectivity index (χ2v) is 11.9. The third kappa shape index (κ3) is 4.77. The highest BCUT2D eigenvalue weighted by atomic mass is 15.0. The molecule has 2 aromatic heterocycles. The number of benzene rings is 7. The van der Waals surface area contributed by atoms with Crippen molar-refractivity contribution in [2.45, 2.75) is 0 Å². The molecule has 3 nitrogen and oxygen atoms in total. The molecule has 220 valence electrons. The van der Waals surface area contributed by atoms with Crippen LogP contribution in [0.2, 0.25) is 0 Å². The zero-order valence-electron chi connectivity index (χ0n) is 25.6. The highest BCUT2D eigenvalue weighted by molar-refractivity contribution is 6.11. The first-order valence-corrected chi connectivity index (χ1v) is 15.9. The zero-order chi connectivity index (χ0) is 31.2. The van der Waals surface area contributed by atoms with E-state index in [-0.39, 0.29) is 0 Å². The van der Waals surface area contributed by atoms with E-state index in [9.17, 15) is 0 Å². The van der Waals surface area contributed by atoms with Crippen molar-refractivity contribution in [1.29, 1.82) is 0 Å². The van der Waals surface area contributed by atoms with Crippen LogP contribution in [0.5, 0.6) is 0 Å². The first kappa shape index (κ1) is 27.0. The van der Waals surface area contributed by atoms with Crippen LogP contribution in [0.3, 0.4) is 0 Å². The molecule has 0 saturated carbocycles. The number of hydrogen-bond donors (Lipinski definition) is 0. The lowest BCUT2D eigenvalue weighted by Gasteiger charge is -2.13. The van der Waals surface area contributed by atoms with Crippen LogP contribution in [-0.4, -0.2) is 14.5 Å². The summed E-state index contributed by atoms with van der Waals surface area (Å²) in [5.41, 5.74) is 10.7. The molecule has 0 saturated heterocycles. The average molecular weight is 600 g/mol. The van der Waals surface area contributed by atoms with Gasteiger partial charge in [-0.2, -0.15) is 0 Å². The molecular weight excluding hydrogens is 571 g/mol. The Morgan fingerprint density at radius 1 is 0.362 bits per heavy atom. The Bertz CT molecular complexity index is 2500. The van der Waals surface area contributed by atoms with Crippen LogP contribution in [0.4, 0.5) is 0 Å². The van der Waals surface area contributed by atoms with E-state index in [0.717, 1.165) is 33.8 Å². The van der Waals surface area contributed by atoms with E-state index in [0.29, 0.717) is 5.82 Å². The lowest BCUT2D eigenvalue weighted by Crippen LogP contribution is -1.98. The minimum Gasteiger partial charge on any atom is -0.309 e. The molecule has 9 aromatic rings. The zero-order valence-corrected chi connectivity index (χ0v) is 25.6. The van der Waals surface area contributed by atoms with E-state index in [2.05, 4.69) is 156 Å². The van der Waals surface area contributed by atoms with Crippen molar-refractivity contribution in [2.75, 3.05) is 0 Å². The summed E-state index contributed by atoms with van der Waals surface area (Å²) in [4.78, 5) is 10.1. The van der Waals surface area contributed by atoms with Gasteiger partial charge in [-0.25, -0.2) is 9.97 Å². The third-order valence-electron chi connectivity index (χ3n) is 9.00. The summed E-state index contributed by atoms with van der Waals surface area (Å²) in [5, 5.41) is 4.96. The molecule has 0 unspecified atom stereocenters. The van der Waals surface area contributed by atoms with Crippen LogP contribution >= 0.6 is 0 Å². The van der Waals surface area contributed by atoms with E-state index >= 15 is 0 Å². The van der Waals surface area contributed by atoms with Gasteiger partial charge in [0.2, 0.25) is 0 Å². The first-order chi connectivity index (χ1) is 23.3. The smallest absolute Gasteiger partial charge is 0.160 e. The fraction of sp³-hybridized carbons (Fsp3) is 0. The van der Waals surface area contributed by atoms with Crippen LogP contribution in [0, 0.1) is 0 Å². The number of nitrogens with zero attached hydrogens (tertiary/aromatic N) is 3. The molecule has 7 aromatic carbocycles. The van der Waals surface area contributed by atoms with Gasteiger partial charge in [-0.15, -0.1) is 0 Å². The molecule has 0 atom stereocenters. The van der Waals surface area contributed by atoms with Crippen LogP contribution in [-0.2, 0) is 0 Å². The van der Waals surface area contributed by atoms with Gasteiger partial charge in [0.1, 0.15) is 0 Å². The van der Waals surface area contributed by atoms with Crippen molar-refractivity contribution in [3.63, 3.8) is 0 Å². The van der Waals surface area contributed by atoms with Crippen LogP contribution in [0.1, 0.15) is 0 Å². The van der Waals surface area contributed by atoms with Crippen LogP contribution in [0.25, 0.3) is 83.3 Å². The largest absolute Gasteiger partial charge is 0.309 e.